The zero-order valence-corrected chi connectivity index (χ0v) is 14.9. The van der Waals surface area contributed by atoms with E-state index in [-0.39, 0.29) is 0 Å². The summed E-state index contributed by atoms with van der Waals surface area (Å²) in [7, 11) is 1.64. The topological polar surface area (TPSA) is 76.3 Å². The van der Waals surface area contributed by atoms with E-state index in [1.54, 1.807) is 7.11 Å². The highest BCUT2D eigenvalue weighted by Gasteiger charge is 2.24. The average molecular weight is 347 g/mol. The summed E-state index contributed by atoms with van der Waals surface area (Å²) in [5, 5.41) is 3.29. The van der Waals surface area contributed by atoms with E-state index in [0.717, 1.165) is 41.5 Å². The number of ether oxygens (including phenoxy) is 1. The van der Waals surface area contributed by atoms with Crippen LogP contribution in [0.2, 0.25) is 0 Å². The number of hydrogen-bond donors (Lipinski definition) is 2. The lowest BCUT2D eigenvalue weighted by Gasteiger charge is -2.21. The first-order valence-corrected chi connectivity index (χ1v) is 8.55. The Morgan fingerprint density at radius 1 is 1.15 bits per heavy atom. The van der Waals surface area contributed by atoms with E-state index < -0.39 is 0 Å². The van der Waals surface area contributed by atoms with Crippen LogP contribution < -0.4 is 20.7 Å². The lowest BCUT2D eigenvalue weighted by Crippen LogP contribution is -2.17. The van der Waals surface area contributed by atoms with Gasteiger partial charge in [-0.3, -0.25) is 0 Å². The number of para-hydroxylation sites is 1. The molecule has 0 bridgehead atoms. The quantitative estimate of drug-likeness (QED) is 0.747. The van der Waals surface area contributed by atoms with Gasteiger partial charge in [-0.05, 0) is 42.7 Å². The summed E-state index contributed by atoms with van der Waals surface area (Å²) >= 11 is 0. The highest BCUT2D eigenvalue weighted by atomic mass is 16.5. The van der Waals surface area contributed by atoms with Crippen LogP contribution in [0.5, 0.6) is 5.75 Å². The summed E-state index contributed by atoms with van der Waals surface area (Å²) in [6.45, 7) is 2.88. The molecule has 2 aromatic carbocycles. The molecule has 4 rings (SSSR count). The second-order valence-electron chi connectivity index (χ2n) is 6.32. The van der Waals surface area contributed by atoms with Crippen molar-refractivity contribution in [3.05, 3.63) is 59.9 Å². The standard InChI is InChI=1S/C20H21N5O/c1-13-7-8-17(26-2)15(11-13)24-19-18(21)20(23-12-22-19)25-10-9-14-5-3-4-6-16(14)25/h3-8,11-12H,9-10,21H2,1-2H3,(H,22,23,24). The molecular weight excluding hydrogens is 326 g/mol. The van der Waals surface area contributed by atoms with E-state index in [9.17, 15) is 0 Å². The zero-order valence-electron chi connectivity index (χ0n) is 14.9. The fraction of sp³-hybridized carbons (Fsp3) is 0.200. The number of aryl methyl sites for hydroxylation is 1. The summed E-state index contributed by atoms with van der Waals surface area (Å²) < 4.78 is 5.43. The maximum atomic E-state index is 6.43. The van der Waals surface area contributed by atoms with Crippen LogP contribution in [0.3, 0.4) is 0 Å². The van der Waals surface area contributed by atoms with Gasteiger partial charge in [-0.25, -0.2) is 9.97 Å². The second kappa shape index (κ2) is 6.55. The number of rotatable bonds is 4. The molecule has 0 radical (unpaired) electrons. The van der Waals surface area contributed by atoms with Crippen molar-refractivity contribution in [1.82, 2.24) is 9.97 Å². The Balaban J connectivity index is 1.71. The number of methoxy groups -OCH3 is 1. The van der Waals surface area contributed by atoms with Crippen LogP contribution in [0.15, 0.2) is 48.8 Å². The number of aromatic nitrogens is 2. The molecule has 26 heavy (non-hydrogen) atoms. The van der Waals surface area contributed by atoms with Gasteiger partial charge in [0.05, 0.1) is 12.8 Å². The van der Waals surface area contributed by atoms with Crippen molar-refractivity contribution in [3.8, 4) is 5.75 Å². The van der Waals surface area contributed by atoms with Gasteiger partial charge in [-0.15, -0.1) is 0 Å². The molecule has 0 fully saturated rings. The third-order valence-electron chi connectivity index (χ3n) is 4.61. The smallest absolute Gasteiger partial charge is 0.161 e. The van der Waals surface area contributed by atoms with Crippen LogP contribution in [0, 0.1) is 6.92 Å². The zero-order chi connectivity index (χ0) is 18.1. The average Bonchev–Trinajstić information content (AvgIpc) is 3.08. The molecule has 0 saturated heterocycles. The number of anilines is 5. The van der Waals surface area contributed by atoms with Crippen molar-refractivity contribution in [2.24, 2.45) is 0 Å². The largest absolute Gasteiger partial charge is 0.495 e. The van der Waals surface area contributed by atoms with E-state index in [2.05, 4.69) is 38.4 Å². The van der Waals surface area contributed by atoms with Crippen molar-refractivity contribution in [1.29, 1.82) is 0 Å². The Morgan fingerprint density at radius 2 is 2.00 bits per heavy atom. The predicted molar refractivity (Wildman–Crippen MR) is 105 cm³/mol. The van der Waals surface area contributed by atoms with Gasteiger partial charge in [0.25, 0.3) is 0 Å². The molecule has 1 aliphatic heterocycles. The third kappa shape index (κ3) is 2.79. The van der Waals surface area contributed by atoms with Gasteiger partial charge in [0.2, 0.25) is 0 Å². The van der Waals surface area contributed by atoms with Gasteiger partial charge in [0, 0.05) is 12.2 Å². The molecule has 1 aromatic heterocycles. The van der Waals surface area contributed by atoms with E-state index in [4.69, 9.17) is 10.5 Å². The second-order valence-corrected chi connectivity index (χ2v) is 6.32. The SMILES string of the molecule is COc1ccc(C)cc1Nc1ncnc(N2CCc3ccccc32)c1N. The summed E-state index contributed by atoms with van der Waals surface area (Å²) in [6, 6.07) is 14.3. The molecule has 0 atom stereocenters. The predicted octanol–water partition coefficient (Wildman–Crippen LogP) is 3.81. The molecule has 3 aromatic rings. The normalized spacial score (nSPS) is 12.8. The molecular formula is C20H21N5O. The molecule has 0 saturated carbocycles. The van der Waals surface area contributed by atoms with E-state index >= 15 is 0 Å². The lowest BCUT2D eigenvalue weighted by molar-refractivity contribution is 0.416. The summed E-state index contributed by atoms with van der Waals surface area (Å²) in [5.74, 6) is 2.03. The molecule has 2 heterocycles. The number of benzene rings is 2. The number of fused-ring (bicyclic) bond motifs is 1. The van der Waals surface area contributed by atoms with Gasteiger partial charge in [0.1, 0.15) is 17.8 Å². The van der Waals surface area contributed by atoms with Gasteiger partial charge in [-0.1, -0.05) is 24.3 Å². The molecule has 132 valence electrons. The van der Waals surface area contributed by atoms with Crippen LogP contribution in [0.25, 0.3) is 0 Å². The van der Waals surface area contributed by atoms with Crippen LogP contribution in [0.4, 0.5) is 28.7 Å². The molecule has 0 aliphatic carbocycles. The molecule has 1 aliphatic rings. The van der Waals surface area contributed by atoms with Crippen LogP contribution in [0.1, 0.15) is 11.1 Å². The number of hydrogen-bond acceptors (Lipinski definition) is 6. The number of nitrogen functional groups attached to an aromatic ring is 1. The molecule has 0 spiro atoms. The van der Waals surface area contributed by atoms with Crippen molar-refractivity contribution in [2.75, 3.05) is 29.6 Å². The number of nitrogens with one attached hydrogen (secondary N) is 1. The highest BCUT2D eigenvalue weighted by molar-refractivity contribution is 5.84. The summed E-state index contributed by atoms with van der Waals surface area (Å²) in [5.41, 5.74) is 11.3. The third-order valence-corrected chi connectivity index (χ3v) is 4.61. The minimum Gasteiger partial charge on any atom is -0.495 e. The van der Waals surface area contributed by atoms with E-state index in [1.807, 2.05) is 31.2 Å². The molecule has 6 nitrogen and oxygen atoms in total. The number of nitrogens with zero attached hydrogens (tertiary/aromatic N) is 3. The first kappa shape index (κ1) is 16.2. The minimum absolute atomic E-state index is 0.521. The molecule has 6 heteroatoms. The fourth-order valence-electron chi connectivity index (χ4n) is 3.31. The number of nitrogens with two attached hydrogens (primary N) is 1. The van der Waals surface area contributed by atoms with Crippen molar-refractivity contribution >= 4 is 28.7 Å². The monoisotopic (exact) mass is 347 g/mol. The Bertz CT molecular complexity index is 957. The molecule has 3 N–H and O–H groups in total. The Kier molecular flexibility index (Phi) is 4.08. The Labute approximate surface area is 152 Å². The summed E-state index contributed by atoms with van der Waals surface area (Å²) in [4.78, 5) is 10.9. The maximum Gasteiger partial charge on any atom is 0.161 e. The van der Waals surface area contributed by atoms with Gasteiger partial charge in [-0.2, -0.15) is 0 Å². The first-order chi connectivity index (χ1) is 12.7. The van der Waals surface area contributed by atoms with Crippen molar-refractivity contribution in [3.63, 3.8) is 0 Å². The Hall–Kier alpha value is -3.28. The van der Waals surface area contributed by atoms with Crippen LogP contribution >= 0.6 is 0 Å². The maximum absolute atomic E-state index is 6.43. The van der Waals surface area contributed by atoms with Crippen molar-refractivity contribution in [2.45, 2.75) is 13.3 Å². The first-order valence-electron chi connectivity index (χ1n) is 8.55. The molecule has 0 amide bonds. The van der Waals surface area contributed by atoms with E-state index in [1.165, 1.54) is 11.9 Å². The van der Waals surface area contributed by atoms with E-state index in [0.29, 0.717) is 11.5 Å². The minimum atomic E-state index is 0.521. The van der Waals surface area contributed by atoms with Gasteiger partial charge < -0.3 is 20.7 Å². The van der Waals surface area contributed by atoms with Crippen LogP contribution in [-0.2, 0) is 6.42 Å². The van der Waals surface area contributed by atoms with Gasteiger partial charge in [0.15, 0.2) is 11.6 Å². The van der Waals surface area contributed by atoms with Crippen molar-refractivity contribution < 1.29 is 4.74 Å². The summed E-state index contributed by atoms with van der Waals surface area (Å²) in [6.07, 6.45) is 2.52. The Morgan fingerprint density at radius 3 is 2.85 bits per heavy atom. The molecule has 0 unspecified atom stereocenters. The fourth-order valence-corrected chi connectivity index (χ4v) is 3.31. The lowest BCUT2D eigenvalue weighted by atomic mass is 10.2. The van der Waals surface area contributed by atoms with Crippen LogP contribution in [-0.4, -0.2) is 23.6 Å². The highest BCUT2D eigenvalue weighted by Crippen LogP contribution is 2.39. The van der Waals surface area contributed by atoms with Gasteiger partial charge >= 0.3 is 0 Å².